The predicted octanol–water partition coefficient (Wildman–Crippen LogP) is 0.773. The third-order valence-electron chi connectivity index (χ3n) is 1.06. The van der Waals surface area contributed by atoms with Crippen molar-refractivity contribution in [3.8, 4) is 0 Å². The quantitative estimate of drug-likeness (QED) is 0.515. The van der Waals surface area contributed by atoms with Crippen LogP contribution in [0.4, 0.5) is 0 Å². The molecule has 0 aromatic carbocycles. The average molecular weight is 119 g/mol. The summed E-state index contributed by atoms with van der Waals surface area (Å²) in [6.07, 6.45) is 0.319. The van der Waals surface area contributed by atoms with Gasteiger partial charge in [-0.15, -0.1) is 0 Å². The van der Waals surface area contributed by atoms with Gasteiger partial charge in [-0.05, 0) is 0 Å². The molecule has 0 bridgehead atoms. The first-order valence-electron chi connectivity index (χ1n) is 2.49. The minimum atomic E-state index is -1.62. The van der Waals surface area contributed by atoms with Gasteiger partial charge < -0.3 is 9.47 Å². The highest BCUT2D eigenvalue weighted by atomic mass is 16.8. The first-order valence-corrected chi connectivity index (χ1v) is 2.49. The SMILES string of the molecule is CCC([O])(OC)OC. The van der Waals surface area contributed by atoms with E-state index in [-0.39, 0.29) is 0 Å². The fourth-order valence-corrected chi connectivity index (χ4v) is 0.372. The van der Waals surface area contributed by atoms with Crippen molar-refractivity contribution >= 4 is 0 Å². The molecule has 0 N–H and O–H groups in total. The van der Waals surface area contributed by atoms with Gasteiger partial charge in [-0.2, -0.15) is 5.11 Å². The minimum absolute atomic E-state index is 0.319. The Kier molecular flexibility index (Phi) is 2.97. The van der Waals surface area contributed by atoms with E-state index in [1.807, 2.05) is 0 Å². The Balaban J connectivity index is 3.58. The highest BCUT2D eigenvalue weighted by molar-refractivity contribution is 4.44. The molecule has 0 aliphatic heterocycles. The summed E-state index contributed by atoms with van der Waals surface area (Å²) in [6.45, 7) is 1.71. The van der Waals surface area contributed by atoms with E-state index in [1.54, 1.807) is 6.92 Å². The topological polar surface area (TPSA) is 38.4 Å². The molecule has 8 heavy (non-hydrogen) atoms. The van der Waals surface area contributed by atoms with Crippen molar-refractivity contribution in [1.82, 2.24) is 0 Å². The van der Waals surface area contributed by atoms with Gasteiger partial charge in [-0.3, -0.25) is 0 Å². The molecule has 0 aromatic heterocycles. The van der Waals surface area contributed by atoms with Crippen molar-refractivity contribution in [2.24, 2.45) is 0 Å². The molecule has 0 aliphatic rings. The van der Waals surface area contributed by atoms with Gasteiger partial charge in [-0.25, -0.2) is 0 Å². The Morgan fingerprint density at radius 3 is 1.75 bits per heavy atom. The Morgan fingerprint density at radius 1 is 1.38 bits per heavy atom. The number of rotatable bonds is 3. The van der Waals surface area contributed by atoms with Crippen LogP contribution in [0.3, 0.4) is 0 Å². The molecule has 0 aliphatic carbocycles. The van der Waals surface area contributed by atoms with Crippen LogP contribution >= 0.6 is 0 Å². The van der Waals surface area contributed by atoms with Gasteiger partial charge in [0, 0.05) is 20.6 Å². The standard InChI is InChI=1S/C5H11O3/c1-4-5(6,7-2)8-3/h4H2,1-3H3. The van der Waals surface area contributed by atoms with Gasteiger partial charge in [0.05, 0.1) is 0 Å². The molecule has 0 unspecified atom stereocenters. The maximum Gasteiger partial charge on any atom is 0.311 e. The lowest BCUT2D eigenvalue weighted by atomic mass is 10.4. The van der Waals surface area contributed by atoms with E-state index >= 15 is 0 Å². The number of ether oxygens (including phenoxy) is 2. The second-order valence-corrected chi connectivity index (χ2v) is 1.44. The summed E-state index contributed by atoms with van der Waals surface area (Å²) in [6, 6.07) is 0. The third-order valence-corrected chi connectivity index (χ3v) is 1.06. The molecule has 3 heteroatoms. The number of hydrogen-bond donors (Lipinski definition) is 0. The van der Waals surface area contributed by atoms with Gasteiger partial charge in [0.15, 0.2) is 0 Å². The molecule has 0 rings (SSSR count). The second kappa shape index (κ2) is 3.02. The normalized spacial score (nSPS) is 12.0. The predicted molar refractivity (Wildman–Crippen MR) is 27.7 cm³/mol. The van der Waals surface area contributed by atoms with E-state index in [1.165, 1.54) is 14.2 Å². The zero-order valence-electron chi connectivity index (χ0n) is 5.43. The smallest absolute Gasteiger partial charge is 0.311 e. The zero-order valence-corrected chi connectivity index (χ0v) is 5.43. The summed E-state index contributed by atoms with van der Waals surface area (Å²) >= 11 is 0. The van der Waals surface area contributed by atoms with Crippen molar-refractivity contribution in [1.29, 1.82) is 0 Å². The van der Waals surface area contributed by atoms with Gasteiger partial charge >= 0.3 is 5.97 Å². The summed E-state index contributed by atoms with van der Waals surface area (Å²) in [5.74, 6) is -1.62. The van der Waals surface area contributed by atoms with Crippen LogP contribution in [0.25, 0.3) is 0 Å². The van der Waals surface area contributed by atoms with E-state index in [2.05, 4.69) is 9.47 Å². The third kappa shape index (κ3) is 1.78. The number of hydrogen-bond acceptors (Lipinski definition) is 2. The maximum atomic E-state index is 10.8. The van der Waals surface area contributed by atoms with Crippen LogP contribution in [0.2, 0.25) is 0 Å². The summed E-state index contributed by atoms with van der Waals surface area (Å²) in [4.78, 5) is 0. The molecular formula is C5H11O3. The van der Waals surface area contributed by atoms with Crippen LogP contribution in [0.15, 0.2) is 0 Å². The van der Waals surface area contributed by atoms with E-state index in [4.69, 9.17) is 0 Å². The van der Waals surface area contributed by atoms with Crippen molar-refractivity contribution in [3.05, 3.63) is 0 Å². The molecule has 0 saturated carbocycles. The zero-order chi connectivity index (χ0) is 6.62. The number of methoxy groups -OCH3 is 2. The van der Waals surface area contributed by atoms with E-state index < -0.39 is 5.97 Å². The monoisotopic (exact) mass is 119 g/mol. The van der Waals surface area contributed by atoms with Crippen LogP contribution < -0.4 is 0 Å². The highest BCUT2D eigenvalue weighted by Gasteiger charge is 2.24. The van der Waals surface area contributed by atoms with E-state index in [9.17, 15) is 5.11 Å². The molecule has 0 spiro atoms. The average Bonchev–Trinajstić information content (AvgIpc) is 1.87. The molecule has 49 valence electrons. The van der Waals surface area contributed by atoms with Crippen LogP contribution in [0.5, 0.6) is 0 Å². The van der Waals surface area contributed by atoms with Crippen molar-refractivity contribution in [2.45, 2.75) is 19.3 Å². The molecule has 0 saturated heterocycles. The van der Waals surface area contributed by atoms with Gasteiger partial charge in [0.2, 0.25) is 0 Å². The lowest BCUT2D eigenvalue weighted by molar-refractivity contribution is -0.370. The van der Waals surface area contributed by atoms with Crippen molar-refractivity contribution in [2.75, 3.05) is 14.2 Å². The molecule has 0 heterocycles. The van der Waals surface area contributed by atoms with Crippen molar-refractivity contribution in [3.63, 3.8) is 0 Å². The molecule has 0 amide bonds. The largest absolute Gasteiger partial charge is 0.329 e. The van der Waals surface area contributed by atoms with Gasteiger partial charge in [0.1, 0.15) is 0 Å². The fourth-order valence-electron chi connectivity index (χ4n) is 0.372. The Morgan fingerprint density at radius 2 is 1.75 bits per heavy atom. The summed E-state index contributed by atoms with van der Waals surface area (Å²) in [5, 5.41) is 10.8. The summed E-state index contributed by atoms with van der Waals surface area (Å²) < 4.78 is 8.92. The Labute approximate surface area is 49.2 Å². The highest BCUT2D eigenvalue weighted by Crippen LogP contribution is 2.10. The van der Waals surface area contributed by atoms with Gasteiger partial charge in [0.25, 0.3) is 0 Å². The van der Waals surface area contributed by atoms with Crippen LogP contribution in [-0.2, 0) is 14.6 Å². The summed E-state index contributed by atoms with van der Waals surface area (Å²) in [7, 11) is 2.67. The van der Waals surface area contributed by atoms with Crippen LogP contribution in [0.1, 0.15) is 13.3 Å². The molecular weight excluding hydrogens is 108 g/mol. The molecule has 1 radical (unpaired) electrons. The molecule has 0 fully saturated rings. The maximum absolute atomic E-state index is 10.8. The Hall–Kier alpha value is -0.120. The minimum Gasteiger partial charge on any atom is -0.329 e. The first kappa shape index (κ1) is 7.88. The second-order valence-electron chi connectivity index (χ2n) is 1.44. The molecule has 0 aromatic rings. The molecule has 0 atom stereocenters. The van der Waals surface area contributed by atoms with Crippen molar-refractivity contribution < 1.29 is 14.6 Å². The van der Waals surface area contributed by atoms with Crippen LogP contribution in [0, 0.1) is 0 Å². The summed E-state index contributed by atoms with van der Waals surface area (Å²) in [5.41, 5.74) is 0. The van der Waals surface area contributed by atoms with Crippen LogP contribution in [-0.4, -0.2) is 20.2 Å². The van der Waals surface area contributed by atoms with E-state index in [0.29, 0.717) is 6.42 Å². The fraction of sp³-hybridized carbons (Fsp3) is 1.00. The lowest BCUT2D eigenvalue weighted by Gasteiger charge is -2.18. The molecule has 3 nitrogen and oxygen atoms in total. The van der Waals surface area contributed by atoms with E-state index in [0.717, 1.165) is 0 Å². The lowest BCUT2D eigenvalue weighted by Crippen LogP contribution is -2.30. The first-order chi connectivity index (χ1) is 3.68. The van der Waals surface area contributed by atoms with Gasteiger partial charge in [-0.1, -0.05) is 6.92 Å². The Bertz CT molecular complexity index is 50.4.